The second-order valence-electron chi connectivity index (χ2n) is 4.41. The van der Waals surface area contributed by atoms with Crippen molar-refractivity contribution >= 4 is 22.6 Å². The van der Waals surface area contributed by atoms with Gasteiger partial charge in [-0.1, -0.05) is 42.5 Å². The molecule has 0 aliphatic heterocycles. The van der Waals surface area contributed by atoms with E-state index in [1.54, 1.807) is 30.3 Å². The van der Waals surface area contributed by atoms with E-state index in [2.05, 4.69) is 0 Å². The fourth-order valence-corrected chi connectivity index (χ4v) is 2.18. The first kappa shape index (κ1) is 14.4. The standard InChI is InChI=1S/C16H14ClNO2/c17-15(19)9-14-8-12(6-7-13(14)10-18)16(20)11-4-2-1-3-5-11/h1-8H,9-10,18H2. The van der Waals surface area contributed by atoms with E-state index in [0.717, 1.165) is 5.56 Å². The quantitative estimate of drug-likeness (QED) is 0.679. The van der Waals surface area contributed by atoms with Gasteiger partial charge in [0.05, 0.1) is 0 Å². The Morgan fingerprint density at radius 2 is 1.65 bits per heavy atom. The van der Waals surface area contributed by atoms with Gasteiger partial charge in [0, 0.05) is 24.1 Å². The molecule has 2 aromatic rings. The third-order valence-corrected chi connectivity index (χ3v) is 3.19. The second kappa shape index (κ2) is 6.46. The van der Waals surface area contributed by atoms with Crippen LogP contribution in [0.5, 0.6) is 0 Å². The Morgan fingerprint density at radius 3 is 2.25 bits per heavy atom. The average molecular weight is 288 g/mol. The number of nitrogens with two attached hydrogens (primary N) is 1. The first-order chi connectivity index (χ1) is 9.61. The summed E-state index contributed by atoms with van der Waals surface area (Å²) in [5.74, 6) is -0.0857. The molecule has 20 heavy (non-hydrogen) atoms. The molecule has 0 fully saturated rings. The van der Waals surface area contributed by atoms with E-state index in [1.165, 1.54) is 0 Å². The normalized spacial score (nSPS) is 10.3. The molecule has 0 unspecified atom stereocenters. The maximum atomic E-state index is 12.3. The van der Waals surface area contributed by atoms with Crippen molar-refractivity contribution in [2.45, 2.75) is 13.0 Å². The smallest absolute Gasteiger partial charge is 0.226 e. The molecule has 0 spiro atoms. The van der Waals surface area contributed by atoms with Gasteiger partial charge in [0.1, 0.15) is 0 Å². The van der Waals surface area contributed by atoms with E-state index < -0.39 is 5.24 Å². The largest absolute Gasteiger partial charge is 0.326 e. The number of halogens is 1. The van der Waals surface area contributed by atoms with Gasteiger partial charge in [-0.05, 0) is 28.8 Å². The topological polar surface area (TPSA) is 60.2 Å². The van der Waals surface area contributed by atoms with Crippen LogP contribution in [-0.4, -0.2) is 11.0 Å². The highest BCUT2D eigenvalue weighted by molar-refractivity contribution is 6.63. The summed E-state index contributed by atoms with van der Waals surface area (Å²) in [4.78, 5) is 23.4. The van der Waals surface area contributed by atoms with Crippen LogP contribution in [0.3, 0.4) is 0 Å². The summed E-state index contributed by atoms with van der Waals surface area (Å²) < 4.78 is 0. The van der Waals surface area contributed by atoms with Crippen LogP contribution in [0.15, 0.2) is 48.5 Å². The third-order valence-electron chi connectivity index (χ3n) is 3.05. The Kier molecular flexibility index (Phi) is 4.66. The molecular weight excluding hydrogens is 274 g/mol. The minimum atomic E-state index is -0.469. The monoisotopic (exact) mass is 287 g/mol. The Hall–Kier alpha value is -1.97. The van der Waals surface area contributed by atoms with Crippen LogP contribution < -0.4 is 5.73 Å². The molecule has 2 rings (SSSR count). The minimum Gasteiger partial charge on any atom is -0.326 e. The third kappa shape index (κ3) is 3.32. The maximum absolute atomic E-state index is 12.3. The van der Waals surface area contributed by atoms with E-state index >= 15 is 0 Å². The average Bonchev–Trinajstić information content (AvgIpc) is 2.46. The van der Waals surface area contributed by atoms with Crippen molar-refractivity contribution in [3.63, 3.8) is 0 Å². The lowest BCUT2D eigenvalue weighted by Gasteiger charge is -2.08. The van der Waals surface area contributed by atoms with Crippen molar-refractivity contribution in [3.8, 4) is 0 Å². The molecule has 0 saturated carbocycles. The zero-order chi connectivity index (χ0) is 14.5. The lowest BCUT2D eigenvalue weighted by molar-refractivity contribution is -0.111. The van der Waals surface area contributed by atoms with Crippen LogP contribution >= 0.6 is 11.6 Å². The van der Waals surface area contributed by atoms with Crippen molar-refractivity contribution in [3.05, 3.63) is 70.8 Å². The molecule has 2 aromatic carbocycles. The molecule has 0 radical (unpaired) electrons. The van der Waals surface area contributed by atoms with Crippen LogP contribution in [0.25, 0.3) is 0 Å². The number of rotatable bonds is 5. The van der Waals surface area contributed by atoms with Gasteiger partial charge in [0.25, 0.3) is 0 Å². The predicted octanol–water partition coefficient (Wildman–Crippen LogP) is 2.68. The van der Waals surface area contributed by atoms with Gasteiger partial charge in [0.2, 0.25) is 5.24 Å². The number of benzene rings is 2. The highest BCUT2D eigenvalue weighted by Crippen LogP contribution is 2.17. The summed E-state index contributed by atoms with van der Waals surface area (Å²) in [5, 5.41) is -0.469. The number of carbonyl (C=O) groups excluding carboxylic acids is 2. The SMILES string of the molecule is NCc1ccc(C(=O)c2ccccc2)cc1CC(=O)Cl. The molecule has 4 heteroatoms. The Bertz CT molecular complexity index is 638. The van der Waals surface area contributed by atoms with Crippen LogP contribution in [0.1, 0.15) is 27.0 Å². The van der Waals surface area contributed by atoms with E-state index in [9.17, 15) is 9.59 Å². The number of hydrogen-bond acceptors (Lipinski definition) is 3. The lowest BCUT2D eigenvalue weighted by atomic mass is 9.97. The van der Waals surface area contributed by atoms with Crippen molar-refractivity contribution in [1.82, 2.24) is 0 Å². The Morgan fingerprint density at radius 1 is 0.950 bits per heavy atom. The molecule has 0 bridgehead atoms. The van der Waals surface area contributed by atoms with Gasteiger partial charge in [0.15, 0.2) is 5.78 Å². The summed E-state index contributed by atoms with van der Waals surface area (Å²) >= 11 is 5.43. The minimum absolute atomic E-state index is 0.0734. The molecule has 102 valence electrons. The van der Waals surface area contributed by atoms with Crippen molar-refractivity contribution in [2.24, 2.45) is 5.73 Å². The number of ketones is 1. The zero-order valence-electron chi connectivity index (χ0n) is 10.8. The van der Waals surface area contributed by atoms with Crippen molar-refractivity contribution in [1.29, 1.82) is 0 Å². The van der Waals surface area contributed by atoms with Gasteiger partial charge in [-0.15, -0.1) is 0 Å². The molecule has 0 amide bonds. The van der Waals surface area contributed by atoms with Crippen LogP contribution in [0, 0.1) is 0 Å². The highest BCUT2D eigenvalue weighted by atomic mass is 35.5. The summed E-state index contributed by atoms with van der Waals surface area (Å²) in [6.45, 7) is 0.305. The van der Waals surface area contributed by atoms with Crippen LogP contribution in [-0.2, 0) is 17.8 Å². The van der Waals surface area contributed by atoms with Gasteiger partial charge in [-0.3, -0.25) is 9.59 Å². The summed E-state index contributed by atoms with van der Waals surface area (Å²) in [7, 11) is 0. The molecule has 0 aliphatic carbocycles. The van der Waals surface area contributed by atoms with Gasteiger partial charge < -0.3 is 5.73 Å². The first-order valence-electron chi connectivity index (χ1n) is 6.21. The first-order valence-corrected chi connectivity index (χ1v) is 6.59. The molecule has 2 N–H and O–H groups in total. The predicted molar refractivity (Wildman–Crippen MR) is 78.8 cm³/mol. The molecule has 3 nitrogen and oxygen atoms in total. The van der Waals surface area contributed by atoms with Gasteiger partial charge >= 0.3 is 0 Å². The number of hydrogen-bond donors (Lipinski definition) is 1. The lowest BCUT2D eigenvalue weighted by Crippen LogP contribution is -2.08. The van der Waals surface area contributed by atoms with Crippen LogP contribution in [0.4, 0.5) is 0 Å². The molecule has 0 aliphatic rings. The summed E-state index contributed by atoms with van der Waals surface area (Å²) in [6, 6.07) is 14.2. The Labute approximate surface area is 122 Å². The van der Waals surface area contributed by atoms with Crippen LogP contribution in [0.2, 0.25) is 0 Å². The Balaban J connectivity index is 2.38. The van der Waals surface area contributed by atoms with E-state index in [1.807, 2.05) is 18.2 Å². The van der Waals surface area contributed by atoms with E-state index in [-0.39, 0.29) is 12.2 Å². The molecular formula is C16H14ClNO2. The van der Waals surface area contributed by atoms with E-state index in [4.69, 9.17) is 17.3 Å². The summed E-state index contributed by atoms with van der Waals surface area (Å²) in [6.07, 6.45) is 0.0734. The van der Waals surface area contributed by atoms with Crippen molar-refractivity contribution < 1.29 is 9.59 Å². The highest BCUT2D eigenvalue weighted by Gasteiger charge is 2.12. The fourth-order valence-electron chi connectivity index (χ4n) is 2.04. The van der Waals surface area contributed by atoms with Crippen molar-refractivity contribution in [2.75, 3.05) is 0 Å². The number of carbonyl (C=O) groups is 2. The molecule has 0 aromatic heterocycles. The summed E-state index contributed by atoms with van der Waals surface area (Å²) in [5.41, 5.74) is 8.29. The zero-order valence-corrected chi connectivity index (χ0v) is 11.6. The maximum Gasteiger partial charge on any atom is 0.226 e. The second-order valence-corrected chi connectivity index (χ2v) is 4.84. The fraction of sp³-hybridized carbons (Fsp3) is 0.125. The van der Waals surface area contributed by atoms with Gasteiger partial charge in [-0.2, -0.15) is 0 Å². The van der Waals surface area contributed by atoms with Gasteiger partial charge in [-0.25, -0.2) is 0 Å². The molecule has 0 atom stereocenters. The molecule has 0 saturated heterocycles. The molecule has 0 heterocycles. The van der Waals surface area contributed by atoms with E-state index in [0.29, 0.717) is 23.2 Å².